The monoisotopic (exact) mass is 276 g/mol. The highest BCUT2D eigenvalue weighted by molar-refractivity contribution is 5.67. The number of carbonyl (C=O) groups is 1. The molecule has 0 spiro atoms. The van der Waals surface area contributed by atoms with Crippen LogP contribution in [0, 0.1) is 0 Å². The molecule has 0 saturated carbocycles. The van der Waals surface area contributed by atoms with E-state index >= 15 is 0 Å². The van der Waals surface area contributed by atoms with Gasteiger partial charge in [0.2, 0.25) is 5.89 Å². The minimum absolute atomic E-state index is 0.106. The fraction of sp³-hybridized carbons (Fsp3) is 0.385. The molecule has 0 aromatic carbocycles. The second-order valence-electron chi connectivity index (χ2n) is 5.07. The van der Waals surface area contributed by atoms with Gasteiger partial charge in [-0.25, -0.2) is 4.79 Å². The highest BCUT2D eigenvalue weighted by atomic mass is 16.6. The molecule has 0 radical (unpaired) electrons. The van der Waals surface area contributed by atoms with E-state index in [-0.39, 0.29) is 12.4 Å². The molecule has 2 rings (SSSR count). The molecule has 0 aliphatic heterocycles. The lowest BCUT2D eigenvalue weighted by molar-refractivity contribution is 0.0519. The first kappa shape index (κ1) is 14.0. The van der Waals surface area contributed by atoms with Crippen molar-refractivity contribution < 1.29 is 13.9 Å². The van der Waals surface area contributed by atoms with Crippen LogP contribution in [0.25, 0.3) is 11.6 Å². The van der Waals surface area contributed by atoms with E-state index < -0.39 is 11.7 Å². The molecule has 0 fully saturated rings. The molecule has 7 nitrogen and oxygen atoms in total. The zero-order valence-electron chi connectivity index (χ0n) is 11.6. The maximum absolute atomic E-state index is 11.5. The van der Waals surface area contributed by atoms with Crippen molar-refractivity contribution in [3.05, 3.63) is 30.3 Å². The molecule has 2 aromatic rings. The molecule has 106 valence electrons. The fourth-order valence-electron chi connectivity index (χ4n) is 1.38. The highest BCUT2D eigenvalue weighted by Crippen LogP contribution is 2.14. The van der Waals surface area contributed by atoms with E-state index in [4.69, 9.17) is 9.15 Å². The zero-order valence-corrected chi connectivity index (χ0v) is 11.6. The van der Waals surface area contributed by atoms with Gasteiger partial charge < -0.3 is 14.5 Å². The van der Waals surface area contributed by atoms with E-state index in [9.17, 15) is 4.79 Å². The van der Waals surface area contributed by atoms with Gasteiger partial charge in [-0.3, -0.25) is 4.98 Å². The summed E-state index contributed by atoms with van der Waals surface area (Å²) in [5.41, 5.74) is 0.0430. The van der Waals surface area contributed by atoms with Gasteiger partial charge in [0.1, 0.15) is 11.3 Å². The SMILES string of the molecule is CC(C)(C)OC(=O)NCc1nnc(-c2ccccn2)o1. The Morgan fingerprint density at radius 1 is 1.35 bits per heavy atom. The molecule has 2 aromatic heterocycles. The van der Waals surface area contributed by atoms with Crippen molar-refractivity contribution in [1.29, 1.82) is 0 Å². The maximum atomic E-state index is 11.5. The van der Waals surface area contributed by atoms with Crippen LogP contribution >= 0.6 is 0 Å². The third kappa shape index (κ3) is 4.04. The third-order valence-electron chi connectivity index (χ3n) is 2.13. The van der Waals surface area contributed by atoms with Crippen LogP contribution in [0.3, 0.4) is 0 Å². The Labute approximate surface area is 116 Å². The molecule has 0 bridgehead atoms. The molecule has 0 aliphatic rings. The van der Waals surface area contributed by atoms with E-state index in [2.05, 4.69) is 20.5 Å². The predicted octanol–water partition coefficient (Wildman–Crippen LogP) is 2.16. The van der Waals surface area contributed by atoms with Gasteiger partial charge in [0.15, 0.2) is 0 Å². The summed E-state index contributed by atoms with van der Waals surface area (Å²) in [5, 5.41) is 10.2. The molecular weight excluding hydrogens is 260 g/mol. The number of nitrogens with one attached hydrogen (secondary N) is 1. The lowest BCUT2D eigenvalue weighted by Crippen LogP contribution is -2.32. The second-order valence-corrected chi connectivity index (χ2v) is 5.07. The van der Waals surface area contributed by atoms with Gasteiger partial charge in [0, 0.05) is 6.20 Å². The molecular formula is C13H16N4O3. The minimum atomic E-state index is -0.544. The largest absolute Gasteiger partial charge is 0.444 e. The van der Waals surface area contributed by atoms with E-state index in [1.54, 1.807) is 39.1 Å². The number of alkyl carbamates (subject to hydrolysis) is 1. The number of ether oxygens (including phenoxy) is 1. The van der Waals surface area contributed by atoms with E-state index in [0.717, 1.165) is 0 Å². The number of nitrogens with zero attached hydrogens (tertiary/aromatic N) is 3. The molecule has 0 saturated heterocycles. The Kier molecular flexibility index (Phi) is 3.97. The topological polar surface area (TPSA) is 90.1 Å². The Morgan fingerprint density at radius 3 is 2.80 bits per heavy atom. The molecule has 2 heterocycles. The Morgan fingerprint density at radius 2 is 2.15 bits per heavy atom. The van der Waals surface area contributed by atoms with Crippen molar-refractivity contribution in [2.24, 2.45) is 0 Å². The standard InChI is InChI=1S/C13H16N4O3/c1-13(2,3)20-12(18)15-8-10-16-17-11(19-10)9-6-4-5-7-14-9/h4-7H,8H2,1-3H3,(H,15,18). The van der Waals surface area contributed by atoms with Gasteiger partial charge in [-0.15, -0.1) is 10.2 Å². The Bertz CT molecular complexity index is 575. The van der Waals surface area contributed by atoms with Crippen molar-refractivity contribution in [1.82, 2.24) is 20.5 Å². The number of rotatable bonds is 3. The maximum Gasteiger partial charge on any atom is 0.408 e. The number of pyridine rings is 1. The summed E-state index contributed by atoms with van der Waals surface area (Å²) in [6, 6.07) is 5.38. The van der Waals surface area contributed by atoms with Crippen molar-refractivity contribution in [2.75, 3.05) is 0 Å². The van der Waals surface area contributed by atoms with Gasteiger partial charge in [-0.2, -0.15) is 0 Å². The smallest absolute Gasteiger partial charge is 0.408 e. The first-order valence-corrected chi connectivity index (χ1v) is 6.15. The highest BCUT2D eigenvalue weighted by Gasteiger charge is 2.17. The molecule has 0 unspecified atom stereocenters. The molecule has 7 heteroatoms. The van der Waals surface area contributed by atoms with Gasteiger partial charge in [0.05, 0.1) is 6.54 Å². The number of amides is 1. The van der Waals surface area contributed by atoms with Crippen molar-refractivity contribution in [3.8, 4) is 11.6 Å². The van der Waals surface area contributed by atoms with Gasteiger partial charge in [0.25, 0.3) is 5.89 Å². The average molecular weight is 276 g/mol. The van der Waals surface area contributed by atoms with E-state index in [1.165, 1.54) is 0 Å². The summed E-state index contributed by atoms with van der Waals surface area (Å²) >= 11 is 0. The first-order valence-electron chi connectivity index (χ1n) is 6.15. The average Bonchev–Trinajstić information content (AvgIpc) is 2.84. The lowest BCUT2D eigenvalue weighted by atomic mass is 10.2. The summed E-state index contributed by atoms with van der Waals surface area (Å²) in [7, 11) is 0. The van der Waals surface area contributed by atoms with Gasteiger partial charge in [-0.1, -0.05) is 6.07 Å². The summed E-state index contributed by atoms with van der Waals surface area (Å²) in [5.74, 6) is 0.600. The number of aromatic nitrogens is 3. The normalized spacial score (nSPS) is 11.2. The van der Waals surface area contributed by atoms with Crippen molar-refractivity contribution in [2.45, 2.75) is 32.9 Å². The zero-order chi connectivity index (χ0) is 14.6. The molecule has 1 N–H and O–H groups in total. The molecule has 1 amide bonds. The second kappa shape index (κ2) is 5.68. The quantitative estimate of drug-likeness (QED) is 0.923. The predicted molar refractivity (Wildman–Crippen MR) is 70.6 cm³/mol. The molecule has 0 aliphatic carbocycles. The van der Waals surface area contributed by atoms with Crippen LogP contribution in [0.2, 0.25) is 0 Å². The fourth-order valence-corrected chi connectivity index (χ4v) is 1.38. The first-order chi connectivity index (χ1) is 9.44. The van der Waals surface area contributed by atoms with Crippen LogP contribution in [-0.4, -0.2) is 26.9 Å². The summed E-state index contributed by atoms with van der Waals surface area (Å²) in [6.07, 6.45) is 1.10. The van der Waals surface area contributed by atoms with Crippen LogP contribution in [0.15, 0.2) is 28.8 Å². The van der Waals surface area contributed by atoms with Gasteiger partial charge in [-0.05, 0) is 32.9 Å². The van der Waals surface area contributed by atoms with Crippen LogP contribution < -0.4 is 5.32 Å². The van der Waals surface area contributed by atoms with Crippen LogP contribution in [0.4, 0.5) is 4.79 Å². The van der Waals surface area contributed by atoms with Crippen LogP contribution in [-0.2, 0) is 11.3 Å². The van der Waals surface area contributed by atoms with E-state index in [0.29, 0.717) is 11.6 Å². The third-order valence-corrected chi connectivity index (χ3v) is 2.13. The Balaban J connectivity index is 1.92. The molecule has 20 heavy (non-hydrogen) atoms. The summed E-state index contributed by atoms with van der Waals surface area (Å²) in [4.78, 5) is 15.6. The number of hydrogen-bond donors (Lipinski definition) is 1. The van der Waals surface area contributed by atoms with E-state index in [1.807, 2.05) is 6.07 Å². The van der Waals surface area contributed by atoms with Crippen molar-refractivity contribution in [3.63, 3.8) is 0 Å². The Hall–Kier alpha value is -2.44. The lowest BCUT2D eigenvalue weighted by Gasteiger charge is -2.19. The van der Waals surface area contributed by atoms with Gasteiger partial charge >= 0.3 is 6.09 Å². The summed E-state index contributed by atoms with van der Waals surface area (Å²) < 4.78 is 10.5. The number of carbonyl (C=O) groups excluding carboxylic acids is 1. The molecule has 0 atom stereocenters. The summed E-state index contributed by atoms with van der Waals surface area (Å²) in [6.45, 7) is 5.48. The minimum Gasteiger partial charge on any atom is -0.444 e. The number of hydrogen-bond acceptors (Lipinski definition) is 6. The van der Waals surface area contributed by atoms with Crippen molar-refractivity contribution >= 4 is 6.09 Å². The van der Waals surface area contributed by atoms with Crippen LogP contribution in [0.1, 0.15) is 26.7 Å². The van der Waals surface area contributed by atoms with Crippen LogP contribution in [0.5, 0.6) is 0 Å².